The molecule has 98 valence electrons. The molecule has 1 aromatic rings. The number of para-hydroxylation sites is 1. The summed E-state index contributed by atoms with van der Waals surface area (Å²) in [7, 11) is 1.28. The lowest BCUT2D eigenvalue weighted by Crippen LogP contribution is -2.27. The molecule has 1 saturated heterocycles. The Morgan fingerprint density at radius 3 is 2.89 bits per heavy atom. The second-order valence-electron chi connectivity index (χ2n) is 4.31. The van der Waals surface area contributed by atoms with Gasteiger partial charge in [-0.1, -0.05) is 6.07 Å². The van der Waals surface area contributed by atoms with Crippen LogP contribution >= 0.6 is 0 Å². The highest BCUT2D eigenvalue weighted by molar-refractivity contribution is 6.07. The SMILES string of the molecule is C#CC1CC(=O)N(c2c(N)cccc2C(=O)OC)C1. The number of anilines is 2. The Hall–Kier alpha value is -2.48. The smallest absolute Gasteiger partial charge is 0.340 e. The van der Waals surface area contributed by atoms with Gasteiger partial charge in [0.2, 0.25) is 5.91 Å². The number of nitrogens with zero attached hydrogens (tertiary/aromatic N) is 1. The molecule has 2 N–H and O–H groups in total. The van der Waals surface area contributed by atoms with Crippen LogP contribution in [0.15, 0.2) is 18.2 Å². The molecule has 2 rings (SSSR count). The van der Waals surface area contributed by atoms with Gasteiger partial charge >= 0.3 is 5.97 Å². The molecule has 1 heterocycles. The van der Waals surface area contributed by atoms with E-state index in [0.717, 1.165) is 0 Å². The van der Waals surface area contributed by atoms with Gasteiger partial charge in [0.05, 0.1) is 24.0 Å². The third-order valence-electron chi connectivity index (χ3n) is 3.10. The number of carbonyl (C=O) groups is 2. The number of carbonyl (C=O) groups excluding carboxylic acids is 2. The number of rotatable bonds is 2. The maximum Gasteiger partial charge on any atom is 0.340 e. The molecule has 5 heteroatoms. The van der Waals surface area contributed by atoms with Gasteiger partial charge in [-0.3, -0.25) is 4.79 Å². The number of ether oxygens (including phenoxy) is 1. The van der Waals surface area contributed by atoms with E-state index in [-0.39, 0.29) is 23.8 Å². The van der Waals surface area contributed by atoms with Gasteiger partial charge in [-0.2, -0.15) is 0 Å². The number of terminal acetylenes is 1. The predicted molar refractivity (Wildman–Crippen MR) is 71.5 cm³/mol. The average molecular weight is 258 g/mol. The van der Waals surface area contributed by atoms with E-state index in [4.69, 9.17) is 16.9 Å². The average Bonchev–Trinajstić information content (AvgIpc) is 2.78. The summed E-state index contributed by atoms with van der Waals surface area (Å²) >= 11 is 0. The Morgan fingerprint density at radius 1 is 1.58 bits per heavy atom. The Labute approximate surface area is 111 Å². The van der Waals surface area contributed by atoms with Crippen molar-refractivity contribution in [2.75, 3.05) is 24.3 Å². The first-order chi connectivity index (χ1) is 9.08. The number of amides is 1. The molecular weight excluding hydrogens is 244 g/mol. The minimum absolute atomic E-state index is 0.133. The highest BCUT2D eigenvalue weighted by atomic mass is 16.5. The molecule has 0 radical (unpaired) electrons. The van der Waals surface area contributed by atoms with Crippen molar-refractivity contribution in [3.05, 3.63) is 23.8 Å². The van der Waals surface area contributed by atoms with E-state index in [1.54, 1.807) is 18.2 Å². The molecule has 0 aliphatic carbocycles. The molecule has 0 bridgehead atoms. The fraction of sp³-hybridized carbons (Fsp3) is 0.286. The van der Waals surface area contributed by atoms with Gasteiger partial charge in [-0.25, -0.2) is 4.79 Å². The lowest BCUT2D eigenvalue weighted by Gasteiger charge is -2.20. The van der Waals surface area contributed by atoms with E-state index >= 15 is 0 Å². The fourth-order valence-electron chi connectivity index (χ4n) is 2.17. The Kier molecular flexibility index (Phi) is 3.43. The summed E-state index contributed by atoms with van der Waals surface area (Å²) < 4.78 is 4.71. The van der Waals surface area contributed by atoms with Crippen LogP contribution in [0.25, 0.3) is 0 Å². The van der Waals surface area contributed by atoms with Crippen molar-refractivity contribution in [3.8, 4) is 12.3 Å². The number of hydrogen-bond acceptors (Lipinski definition) is 4. The monoisotopic (exact) mass is 258 g/mol. The van der Waals surface area contributed by atoms with Crippen LogP contribution in [0.4, 0.5) is 11.4 Å². The van der Waals surface area contributed by atoms with Crippen molar-refractivity contribution in [1.82, 2.24) is 0 Å². The molecule has 1 unspecified atom stereocenters. The molecule has 0 aromatic heterocycles. The van der Waals surface area contributed by atoms with Crippen molar-refractivity contribution < 1.29 is 14.3 Å². The minimum atomic E-state index is -0.528. The number of hydrogen-bond donors (Lipinski definition) is 1. The molecule has 1 amide bonds. The molecule has 1 aliphatic heterocycles. The van der Waals surface area contributed by atoms with Crippen LogP contribution in [0.3, 0.4) is 0 Å². The highest BCUT2D eigenvalue weighted by Crippen LogP contribution is 2.33. The standard InChI is InChI=1S/C14H14N2O3/c1-3-9-7-12(17)16(8-9)13-10(14(18)19-2)5-4-6-11(13)15/h1,4-6,9H,7-8,15H2,2H3. The summed E-state index contributed by atoms with van der Waals surface area (Å²) in [6.45, 7) is 0.369. The number of methoxy groups -OCH3 is 1. The van der Waals surface area contributed by atoms with Crippen LogP contribution in [0, 0.1) is 18.3 Å². The van der Waals surface area contributed by atoms with Crippen LogP contribution in [0.2, 0.25) is 0 Å². The van der Waals surface area contributed by atoms with Crippen molar-refractivity contribution in [1.29, 1.82) is 0 Å². The van der Waals surface area contributed by atoms with E-state index in [0.29, 0.717) is 17.9 Å². The van der Waals surface area contributed by atoms with Gasteiger partial charge < -0.3 is 15.4 Å². The zero-order valence-electron chi connectivity index (χ0n) is 10.6. The lowest BCUT2D eigenvalue weighted by molar-refractivity contribution is -0.117. The first-order valence-corrected chi connectivity index (χ1v) is 5.81. The highest BCUT2D eigenvalue weighted by Gasteiger charge is 2.33. The van der Waals surface area contributed by atoms with E-state index in [9.17, 15) is 9.59 Å². The van der Waals surface area contributed by atoms with E-state index in [2.05, 4.69) is 5.92 Å². The third kappa shape index (κ3) is 2.25. The second-order valence-corrected chi connectivity index (χ2v) is 4.31. The maximum atomic E-state index is 12.0. The minimum Gasteiger partial charge on any atom is -0.465 e. The number of nitrogen functional groups attached to an aromatic ring is 1. The molecule has 0 spiro atoms. The van der Waals surface area contributed by atoms with Crippen LogP contribution in [0.5, 0.6) is 0 Å². The Bertz CT molecular complexity index is 575. The molecule has 1 atom stereocenters. The van der Waals surface area contributed by atoms with Gasteiger partial charge in [-0.05, 0) is 12.1 Å². The molecule has 1 fully saturated rings. The number of nitrogens with two attached hydrogens (primary N) is 1. The Morgan fingerprint density at radius 2 is 2.32 bits per heavy atom. The van der Waals surface area contributed by atoms with Gasteiger partial charge in [0.1, 0.15) is 0 Å². The molecule has 5 nitrogen and oxygen atoms in total. The molecular formula is C14H14N2O3. The van der Waals surface area contributed by atoms with Gasteiger partial charge in [0.15, 0.2) is 0 Å². The summed E-state index contributed by atoms with van der Waals surface area (Å²) in [6, 6.07) is 4.86. The molecule has 1 aromatic carbocycles. The molecule has 1 aliphatic rings. The summed E-state index contributed by atoms with van der Waals surface area (Å²) in [5.74, 6) is 1.74. The predicted octanol–water partition coefficient (Wildman–Crippen LogP) is 1.04. The van der Waals surface area contributed by atoms with E-state index < -0.39 is 5.97 Å². The summed E-state index contributed by atoms with van der Waals surface area (Å²) in [5, 5.41) is 0. The van der Waals surface area contributed by atoms with Crippen molar-refractivity contribution in [2.45, 2.75) is 6.42 Å². The molecule has 19 heavy (non-hydrogen) atoms. The van der Waals surface area contributed by atoms with Gasteiger partial charge in [-0.15, -0.1) is 12.3 Å². The topological polar surface area (TPSA) is 72.6 Å². The zero-order chi connectivity index (χ0) is 14.0. The van der Waals surface area contributed by atoms with Crippen LogP contribution in [-0.4, -0.2) is 25.5 Å². The second kappa shape index (κ2) is 5.02. The van der Waals surface area contributed by atoms with Gasteiger partial charge in [0.25, 0.3) is 0 Å². The molecule has 0 saturated carbocycles. The quantitative estimate of drug-likeness (QED) is 0.489. The third-order valence-corrected chi connectivity index (χ3v) is 3.10. The van der Waals surface area contributed by atoms with E-state index in [1.807, 2.05) is 0 Å². The normalized spacial score (nSPS) is 18.2. The first kappa shape index (κ1) is 13.0. The maximum absolute atomic E-state index is 12.0. The fourth-order valence-corrected chi connectivity index (χ4v) is 2.17. The van der Waals surface area contributed by atoms with Crippen LogP contribution in [-0.2, 0) is 9.53 Å². The largest absolute Gasteiger partial charge is 0.465 e. The van der Waals surface area contributed by atoms with Crippen molar-refractivity contribution >= 4 is 23.3 Å². The lowest BCUT2D eigenvalue weighted by atomic mass is 10.1. The number of benzene rings is 1. The van der Waals surface area contributed by atoms with Crippen molar-refractivity contribution in [3.63, 3.8) is 0 Å². The summed E-state index contributed by atoms with van der Waals surface area (Å²) in [5.41, 5.74) is 6.90. The number of esters is 1. The van der Waals surface area contributed by atoms with Crippen LogP contribution < -0.4 is 10.6 Å². The zero-order valence-corrected chi connectivity index (χ0v) is 10.6. The van der Waals surface area contributed by atoms with Crippen molar-refractivity contribution in [2.24, 2.45) is 5.92 Å². The Balaban J connectivity index is 2.48. The van der Waals surface area contributed by atoms with Gasteiger partial charge in [0, 0.05) is 18.9 Å². The summed E-state index contributed by atoms with van der Waals surface area (Å²) in [6.07, 6.45) is 5.62. The first-order valence-electron chi connectivity index (χ1n) is 5.81. The van der Waals surface area contributed by atoms with Crippen LogP contribution in [0.1, 0.15) is 16.8 Å². The summed E-state index contributed by atoms with van der Waals surface area (Å²) in [4.78, 5) is 25.2. The van der Waals surface area contributed by atoms with E-state index in [1.165, 1.54) is 12.0 Å².